The molecule has 136 valence electrons. The van der Waals surface area contributed by atoms with Crippen LogP contribution in [0.1, 0.15) is 59.1 Å². The molecule has 3 fully saturated rings. The summed E-state index contributed by atoms with van der Waals surface area (Å²) >= 11 is 0. The number of carbonyl (C=O) groups is 2. The van der Waals surface area contributed by atoms with Crippen molar-refractivity contribution in [3.8, 4) is 11.3 Å². The quantitative estimate of drug-likeness (QED) is 0.855. The molecule has 5 rings (SSSR count). The number of primary amides is 1. The van der Waals surface area contributed by atoms with Gasteiger partial charge in [0.15, 0.2) is 11.5 Å². The number of rotatable bonds is 4. The number of hydrogen-bond acceptors (Lipinski definition) is 4. The third-order valence-electron chi connectivity index (χ3n) is 6.10. The van der Waals surface area contributed by atoms with Gasteiger partial charge in [-0.15, -0.1) is 0 Å². The Morgan fingerprint density at radius 2 is 1.81 bits per heavy atom. The van der Waals surface area contributed by atoms with Crippen molar-refractivity contribution < 1.29 is 14.0 Å². The summed E-state index contributed by atoms with van der Waals surface area (Å²) in [5, 5.41) is 0. The summed E-state index contributed by atoms with van der Waals surface area (Å²) in [5.41, 5.74) is 8.06. The van der Waals surface area contributed by atoms with Crippen molar-refractivity contribution in [3.05, 3.63) is 47.2 Å². The van der Waals surface area contributed by atoms with Crippen LogP contribution < -0.4 is 5.73 Å². The molecular formula is C21H24N2O3. The van der Waals surface area contributed by atoms with E-state index in [1.807, 2.05) is 18.2 Å². The standard InChI is InChI=1S/C21H24N2O3/c1-12-19(16-7-9-23(12)10-8-16)17-11-18(26-20(17)21(22)25)15-5-3-14(4-6-15)13(2)24/h3-6,11-12,16,19H,7-10H2,1-2H3,(H2,22,25)/t12-,19+/m0/s1. The lowest BCUT2D eigenvalue weighted by Crippen LogP contribution is -2.52. The number of piperidine rings is 3. The highest BCUT2D eigenvalue weighted by Crippen LogP contribution is 2.45. The fourth-order valence-corrected chi connectivity index (χ4v) is 4.68. The van der Waals surface area contributed by atoms with E-state index in [1.54, 1.807) is 19.1 Å². The maximum atomic E-state index is 12.0. The first kappa shape index (κ1) is 17.0. The molecule has 1 amide bonds. The zero-order chi connectivity index (χ0) is 18.4. The van der Waals surface area contributed by atoms with Crippen LogP contribution in [0.2, 0.25) is 0 Å². The van der Waals surface area contributed by atoms with Crippen LogP contribution in [0, 0.1) is 5.92 Å². The minimum absolute atomic E-state index is 0.0237. The predicted molar refractivity (Wildman–Crippen MR) is 99.2 cm³/mol. The minimum Gasteiger partial charge on any atom is -0.451 e. The second-order valence-electron chi connectivity index (χ2n) is 7.53. The molecule has 0 unspecified atom stereocenters. The molecule has 3 aliphatic rings. The fourth-order valence-electron chi connectivity index (χ4n) is 4.68. The van der Waals surface area contributed by atoms with Crippen molar-refractivity contribution in [1.29, 1.82) is 0 Å². The normalized spacial score (nSPS) is 27.5. The number of nitrogens with two attached hydrogens (primary N) is 1. The van der Waals surface area contributed by atoms with E-state index < -0.39 is 5.91 Å². The molecule has 3 aliphatic heterocycles. The van der Waals surface area contributed by atoms with Gasteiger partial charge in [0.1, 0.15) is 5.76 Å². The molecule has 26 heavy (non-hydrogen) atoms. The van der Waals surface area contributed by atoms with Crippen LogP contribution in [0.25, 0.3) is 11.3 Å². The van der Waals surface area contributed by atoms with E-state index in [0.717, 1.165) is 37.1 Å². The highest BCUT2D eigenvalue weighted by atomic mass is 16.4. The monoisotopic (exact) mass is 352 g/mol. The fraction of sp³-hybridized carbons (Fsp3) is 0.429. The first-order valence-electron chi connectivity index (χ1n) is 9.24. The molecule has 2 bridgehead atoms. The molecular weight excluding hydrogens is 328 g/mol. The van der Waals surface area contributed by atoms with Crippen molar-refractivity contribution >= 4 is 11.7 Å². The Balaban J connectivity index is 1.74. The zero-order valence-corrected chi connectivity index (χ0v) is 15.2. The molecule has 2 N–H and O–H groups in total. The van der Waals surface area contributed by atoms with E-state index in [9.17, 15) is 9.59 Å². The molecule has 4 heterocycles. The summed E-state index contributed by atoms with van der Waals surface area (Å²) in [5.74, 6) is 1.26. The van der Waals surface area contributed by atoms with E-state index in [0.29, 0.717) is 23.3 Å². The van der Waals surface area contributed by atoms with Crippen molar-refractivity contribution in [2.75, 3.05) is 13.1 Å². The Labute approximate surface area is 153 Å². The number of Topliss-reactive ketones (excluding diaryl/α,β-unsaturated/α-hetero) is 1. The average molecular weight is 352 g/mol. The van der Waals surface area contributed by atoms with E-state index in [1.165, 1.54) is 0 Å². The molecule has 0 spiro atoms. The second kappa shape index (κ2) is 6.40. The van der Waals surface area contributed by atoms with Crippen molar-refractivity contribution in [2.24, 2.45) is 11.7 Å². The largest absolute Gasteiger partial charge is 0.451 e. The molecule has 2 atom stereocenters. The first-order chi connectivity index (χ1) is 12.5. The van der Waals surface area contributed by atoms with Gasteiger partial charge in [0.2, 0.25) is 0 Å². The van der Waals surface area contributed by atoms with Gasteiger partial charge in [-0.1, -0.05) is 24.3 Å². The number of fused-ring (bicyclic) bond motifs is 3. The number of benzene rings is 1. The number of carbonyl (C=O) groups excluding carboxylic acids is 2. The Kier molecular flexibility index (Phi) is 4.19. The molecule has 5 heteroatoms. The highest BCUT2D eigenvalue weighted by Gasteiger charge is 2.42. The number of ketones is 1. The molecule has 5 nitrogen and oxygen atoms in total. The summed E-state index contributed by atoms with van der Waals surface area (Å²) in [7, 11) is 0. The summed E-state index contributed by atoms with van der Waals surface area (Å²) in [6.45, 7) is 6.03. The lowest BCUT2D eigenvalue weighted by Gasteiger charge is -2.49. The van der Waals surface area contributed by atoms with Gasteiger partial charge in [0.25, 0.3) is 5.91 Å². The summed E-state index contributed by atoms with van der Waals surface area (Å²) in [6.07, 6.45) is 2.31. The molecule has 2 aromatic rings. The third kappa shape index (κ3) is 2.76. The van der Waals surface area contributed by atoms with Gasteiger partial charge in [0, 0.05) is 28.7 Å². The summed E-state index contributed by atoms with van der Waals surface area (Å²) < 4.78 is 5.89. The Hall–Kier alpha value is -2.40. The third-order valence-corrected chi connectivity index (χ3v) is 6.10. The molecule has 0 radical (unpaired) electrons. The van der Waals surface area contributed by atoms with E-state index >= 15 is 0 Å². The van der Waals surface area contributed by atoms with Crippen molar-refractivity contribution in [3.63, 3.8) is 0 Å². The van der Waals surface area contributed by atoms with Gasteiger partial charge in [-0.25, -0.2) is 0 Å². The van der Waals surface area contributed by atoms with E-state index in [2.05, 4.69) is 11.8 Å². The van der Waals surface area contributed by atoms with Crippen molar-refractivity contribution in [1.82, 2.24) is 4.90 Å². The van der Waals surface area contributed by atoms with Gasteiger partial charge in [-0.05, 0) is 51.8 Å². The van der Waals surface area contributed by atoms with Crippen LogP contribution in [-0.2, 0) is 0 Å². The van der Waals surface area contributed by atoms with Gasteiger partial charge in [0.05, 0.1) is 0 Å². The second-order valence-corrected chi connectivity index (χ2v) is 7.53. The van der Waals surface area contributed by atoms with Gasteiger partial charge in [-0.2, -0.15) is 0 Å². The smallest absolute Gasteiger partial charge is 0.284 e. The predicted octanol–water partition coefficient (Wildman–Crippen LogP) is 3.45. The van der Waals surface area contributed by atoms with Gasteiger partial charge >= 0.3 is 0 Å². The van der Waals surface area contributed by atoms with Gasteiger partial charge in [-0.3, -0.25) is 9.59 Å². The number of furan rings is 1. The van der Waals surface area contributed by atoms with Crippen LogP contribution in [0.5, 0.6) is 0 Å². The molecule has 3 saturated heterocycles. The van der Waals surface area contributed by atoms with Crippen LogP contribution in [-0.4, -0.2) is 35.7 Å². The Bertz CT molecular complexity index is 843. The lowest BCUT2D eigenvalue weighted by molar-refractivity contribution is 0.0343. The average Bonchev–Trinajstić information content (AvgIpc) is 3.08. The molecule has 1 aromatic carbocycles. The summed E-state index contributed by atoms with van der Waals surface area (Å²) in [4.78, 5) is 26.0. The Morgan fingerprint density at radius 1 is 1.15 bits per heavy atom. The number of nitrogens with zero attached hydrogens (tertiary/aromatic N) is 1. The SMILES string of the molecule is CC(=O)c1ccc(-c2cc([C@H]3C4CCN(CC4)[C@H]3C)c(C(N)=O)o2)cc1. The topological polar surface area (TPSA) is 76.5 Å². The van der Waals surface area contributed by atoms with E-state index in [4.69, 9.17) is 10.2 Å². The molecule has 0 aliphatic carbocycles. The first-order valence-corrected chi connectivity index (χ1v) is 9.24. The van der Waals surface area contributed by atoms with Gasteiger partial charge < -0.3 is 15.1 Å². The Morgan fingerprint density at radius 3 is 2.35 bits per heavy atom. The lowest BCUT2D eigenvalue weighted by atomic mass is 9.71. The zero-order valence-electron chi connectivity index (χ0n) is 15.2. The van der Waals surface area contributed by atoms with Crippen LogP contribution >= 0.6 is 0 Å². The van der Waals surface area contributed by atoms with Crippen molar-refractivity contribution in [2.45, 2.75) is 38.6 Å². The maximum Gasteiger partial charge on any atom is 0.284 e. The maximum absolute atomic E-state index is 12.0. The van der Waals surface area contributed by atoms with Crippen LogP contribution in [0.3, 0.4) is 0 Å². The number of amides is 1. The number of hydrogen-bond donors (Lipinski definition) is 1. The highest BCUT2D eigenvalue weighted by molar-refractivity contribution is 5.95. The van der Waals surface area contributed by atoms with Crippen LogP contribution in [0.4, 0.5) is 0 Å². The van der Waals surface area contributed by atoms with Crippen LogP contribution in [0.15, 0.2) is 34.7 Å². The molecule has 1 aromatic heterocycles. The summed E-state index contributed by atoms with van der Waals surface area (Å²) in [6, 6.07) is 9.62. The van der Waals surface area contributed by atoms with E-state index in [-0.39, 0.29) is 17.5 Å². The minimum atomic E-state index is -0.518. The molecule has 0 saturated carbocycles.